The van der Waals surface area contributed by atoms with Crippen molar-refractivity contribution < 1.29 is 28.7 Å². The first kappa shape index (κ1) is 21.8. The van der Waals surface area contributed by atoms with Crippen LogP contribution in [0, 0.1) is 11.8 Å². The highest BCUT2D eigenvalue weighted by Crippen LogP contribution is 2.20. The van der Waals surface area contributed by atoms with Crippen molar-refractivity contribution in [3.8, 4) is 11.8 Å². The van der Waals surface area contributed by atoms with E-state index in [1.807, 2.05) is 5.32 Å². The van der Waals surface area contributed by atoms with Gasteiger partial charge >= 0.3 is 0 Å². The SMILES string of the molecule is C[C@@](O)(C(F)F)[C@H](NC(=O)c1ccc(C#Cc2ccc(N)cc2)cc1)C(=O)NO. The molecule has 2 aromatic rings. The standard InChI is InChI=1S/C20H19F2N3O4/c1-20(28,19(21)22)16(18(27)25-29)24-17(26)14-8-4-12(5-9-14)2-3-13-6-10-15(23)11-7-13/h4-11,16,19,28-29H,23H2,1H3,(H,24,26)(H,25,27)/t16-,20+/m1/s1. The predicted molar refractivity (Wildman–Crippen MR) is 101 cm³/mol. The van der Waals surface area contributed by atoms with Crippen LogP contribution in [0.1, 0.15) is 28.4 Å². The topological polar surface area (TPSA) is 125 Å². The average molecular weight is 403 g/mol. The van der Waals surface area contributed by atoms with E-state index in [9.17, 15) is 23.5 Å². The number of carbonyl (C=O) groups excluding carboxylic acids is 2. The Morgan fingerprint density at radius 1 is 1.03 bits per heavy atom. The van der Waals surface area contributed by atoms with Gasteiger partial charge in [-0.05, 0) is 55.5 Å². The van der Waals surface area contributed by atoms with Gasteiger partial charge in [0.2, 0.25) is 0 Å². The number of carbonyl (C=O) groups is 2. The van der Waals surface area contributed by atoms with Crippen LogP contribution in [0.15, 0.2) is 48.5 Å². The molecule has 0 saturated carbocycles. The highest BCUT2D eigenvalue weighted by molar-refractivity contribution is 5.97. The quantitative estimate of drug-likeness (QED) is 0.223. The molecule has 0 aromatic heterocycles. The molecule has 7 nitrogen and oxygen atoms in total. The molecule has 29 heavy (non-hydrogen) atoms. The van der Waals surface area contributed by atoms with Gasteiger partial charge < -0.3 is 16.2 Å². The van der Waals surface area contributed by atoms with E-state index in [2.05, 4.69) is 11.8 Å². The minimum absolute atomic E-state index is 0.0452. The first-order valence-electron chi connectivity index (χ1n) is 8.38. The molecule has 0 aliphatic carbocycles. The van der Waals surface area contributed by atoms with E-state index < -0.39 is 29.9 Å². The summed E-state index contributed by atoms with van der Waals surface area (Å²) in [5.41, 5.74) is 5.85. The molecule has 0 heterocycles. The molecule has 2 atom stereocenters. The van der Waals surface area contributed by atoms with Crippen molar-refractivity contribution in [2.75, 3.05) is 5.73 Å². The third kappa shape index (κ3) is 5.51. The number of hydrogen-bond acceptors (Lipinski definition) is 5. The zero-order valence-corrected chi connectivity index (χ0v) is 15.3. The maximum Gasteiger partial charge on any atom is 0.269 e. The summed E-state index contributed by atoms with van der Waals surface area (Å²) in [7, 11) is 0. The second-order valence-electron chi connectivity index (χ2n) is 6.36. The lowest BCUT2D eigenvalue weighted by molar-refractivity contribution is -0.149. The zero-order chi connectivity index (χ0) is 21.6. The Balaban J connectivity index is 2.15. The summed E-state index contributed by atoms with van der Waals surface area (Å²) >= 11 is 0. The lowest BCUT2D eigenvalue weighted by Gasteiger charge is -2.30. The Morgan fingerprint density at radius 2 is 1.52 bits per heavy atom. The molecule has 2 aromatic carbocycles. The fourth-order valence-electron chi connectivity index (χ4n) is 2.30. The Labute approximate surface area is 165 Å². The van der Waals surface area contributed by atoms with Crippen LogP contribution in [0.4, 0.5) is 14.5 Å². The predicted octanol–water partition coefficient (Wildman–Crippen LogP) is 1.29. The molecule has 0 radical (unpaired) electrons. The van der Waals surface area contributed by atoms with Crippen LogP contribution in [-0.4, -0.2) is 40.2 Å². The normalized spacial score (nSPS) is 13.6. The Morgan fingerprint density at radius 3 is 1.97 bits per heavy atom. The molecule has 0 fully saturated rings. The third-order valence-corrected chi connectivity index (χ3v) is 4.08. The van der Waals surface area contributed by atoms with Gasteiger partial charge in [-0.2, -0.15) is 0 Å². The summed E-state index contributed by atoms with van der Waals surface area (Å²) in [5.74, 6) is 3.54. The van der Waals surface area contributed by atoms with E-state index in [0.717, 1.165) is 11.0 Å². The lowest BCUT2D eigenvalue weighted by Crippen LogP contribution is -2.61. The van der Waals surface area contributed by atoms with Gasteiger partial charge in [-0.25, -0.2) is 14.3 Å². The molecule has 0 bridgehead atoms. The van der Waals surface area contributed by atoms with Crippen LogP contribution >= 0.6 is 0 Å². The van der Waals surface area contributed by atoms with Crippen molar-refractivity contribution in [2.45, 2.75) is 25.0 Å². The number of amides is 2. The van der Waals surface area contributed by atoms with Crippen LogP contribution in [0.2, 0.25) is 0 Å². The second kappa shape index (κ2) is 9.14. The summed E-state index contributed by atoms with van der Waals surface area (Å²) in [6.45, 7) is 0.674. The first-order chi connectivity index (χ1) is 13.6. The number of aliphatic hydroxyl groups is 1. The molecule has 152 valence electrons. The van der Waals surface area contributed by atoms with E-state index in [-0.39, 0.29) is 5.56 Å². The number of anilines is 1. The summed E-state index contributed by atoms with van der Waals surface area (Å²) in [6.07, 6.45) is -3.35. The van der Waals surface area contributed by atoms with Gasteiger partial charge in [-0.15, -0.1) is 0 Å². The van der Waals surface area contributed by atoms with E-state index in [0.29, 0.717) is 18.2 Å². The van der Waals surface area contributed by atoms with Crippen LogP contribution < -0.4 is 16.5 Å². The molecule has 6 N–H and O–H groups in total. The molecular formula is C20H19F2N3O4. The maximum absolute atomic E-state index is 13.0. The van der Waals surface area contributed by atoms with E-state index in [4.69, 9.17) is 10.9 Å². The molecule has 0 saturated heterocycles. The van der Waals surface area contributed by atoms with E-state index in [1.165, 1.54) is 24.3 Å². The Bertz CT molecular complexity index is 933. The number of nitrogens with two attached hydrogens (primary N) is 1. The average Bonchev–Trinajstić information content (AvgIpc) is 2.71. The lowest BCUT2D eigenvalue weighted by atomic mass is 9.95. The fraction of sp³-hybridized carbons (Fsp3) is 0.200. The monoisotopic (exact) mass is 403 g/mol. The molecule has 0 aliphatic heterocycles. The molecule has 0 aliphatic rings. The van der Waals surface area contributed by atoms with Crippen LogP contribution in [-0.2, 0) is 4.79 Å². The van der Waals surface area contributed by atoms with Crippen molar-refractivity contribution in [1.29, 1.82) is 0 Å². The number of halogens is 2. The molecule has 0 unspecified atom stereocenters. The highest BCUT2D eigenvalue weighted by Gasteiger charge is 2.46. The Kier molecular flexibility index (Phi) is 6.88. The zero-order valence-electron chi connectivity index (χ0n) is 15.3. The van der Waals surface area contributed by atoms with Crippen LogP contribution in [0.3, 0.4) is 0 Å². The van der Waals surface area contributed by atoms with E-state index in [1.54, 1.807) is 24.3 Å². The highest BCUT2D eigenvalue weighted by atomic mass is 19.3. The smallest absolute Gasteiger partial charge is 0.269 e. The number of hydroxylamine groups is 1. The number of alkyl halides is 2. The summed E-state index contributed by atoms with van der Waals surface area (Å²) in [5, 5.41) is 20.5. The van der Waals surface area contributed by atoms with E-state index >= 15 is 0 Å². The summed E-state index contributed by atoms with van der Waals surface area (Å²) in [6, 6.07) is 10.7. The minimum Gasteiger partial charge on any atom is -0.399 e. The molecule has 0 spiro atoms. The Hall–Kier alpha value is -3.48. The van der Waals surface area contributed by atoms with Gasteiger partial charge in [0.15, 0.2) is 5.60 Å². The third-order valence-electron chi connectivity index (χ3n) is 4.08. The largest absolute Gasteiger partial charge is 0.399 e. The maximum atomic E-state index is 13.0. The number of benzene rings is 2. The van der Waals surface area contributed by atoms with Gasteiger partial charge in [-0.3, -0.25) is 14.8 Å². The molecule has 9 heteroatoms. The summed E-state index contributed by atoms with van der Waals surface area (Å²) in [4.78, 5) is 23.9. The molecular weight excluding hydrogens is 384 g/mol. The van der Waals surface area contributed by atoms with Crippen LogP contribution in [0.25, 0.3) is 0 Å². The van der Waals surface area contributed by atoms with Gasteiger partial charge in [-0.1, -0.05) is 11.8 Å². The number of hydrogen-bond donors (Lipinski definition) is 5. The molecule has 2 amide bonds. The second-order valence-corrected chi connectivity index (χ2v) is 6.36. The van der Waals surface area contributed by atoms with Crippen molar-refractivity contribution in [3.05, 3.63) is 65.2 Å². The number of nitrogens with one attached hydrogen (secondary N) is 2. The number of nitrogen functional groups attached to an aromatic ring is 1. The van der Waals surface area contributed by atoms with Gasteiger partial charge in [0, 0.05) is 22.4 Å². The van der Waals surface area contributed by atoms with Crippen molar-refractivity contribution in [2.24, 2.45) is 0 Å². The van der Waals surface area contributed by atoms with Gasteiger partial charge in [0.25, 0.3) is 18.2 Å². The van der Waals surface area contributed by atoms with Gasteiger partial charge in [0.1, 0.15) is 6.04 Å². The molecule has 2 rings (SSSR count). The van der Waals surface area contributed by atoms with Crippen LogP contribution in [0.5, 0.6) is 0 Å². The van der Waals surface area contributed by atoms with Crippen molar-refractivity contribution in [1.82, 2.24) is 10.8 Å². The fourth-order valence-corrected chi connectivity index (χ4v) is 2.30. The minimum atomic E-state index is -3.35. The van der Waals surface area contributed by atoms with Crippen molar-refractivity contribution >= 4 is 17.5 Å². The van der Waals surface area contributed by atoms with Gasteiger partial charge in [0.05, 0.1) is 0 Å². The summed E-state index contributed by atoms with van der Waals surface area (Å²) < 4.78 is 26.1. The first-order valence-corrected chi connectivity index (χ1v) is 8.38. The number of rotatable bonds is 5. The van der Waals surface area contributed by atoms with Crippen molar-refractivity contribution in [3.63, 3.8) is 0 Å².